The molecule has 3 aromatic rings. The summed E-state index contributed by atoms with van der Waals surface area (Å²) in [6.45, 7) is 5.85. The number of nitrogens with zero attached hydrogens (tertiary/aromatic N) is 1. The van der Waals surface area contributed by atoms with Gasteiger partial charge in [-0.05, 0) is 43.3 Å². The van der Waals surface area contributed by atoms with Gasteiger partial charge in [0.25, 0.3) is 5.91 Å². The summed E-state index contributed by atoms with van der Waals surface area (Å²) in [7, 11) is 3.81. The third-order valence-corrected chi connectivity index (χ3v) is 5.75. The highest BCUT2D eigenvalue weighted by Crippen LogP contribution is 2.32. The third kappa shape index (κ3) is 3.91. The Balaban J connectivity index is 1.64. The maximum Gasteiger partial charge on any atom is 0.291 e. The number of ether oxygens (including phenoxy) is 1. The number of halogens is 1. The number of likely N-dealkylation sites (N-methyl/N-ethyl adjacent to an activating group) is 1. The summed E-state index contributed by atoms with van der Waals surface area (Å²) in [5.74, 6) is 0.727. The Bertz CT molecular complexity index is 1050. The number of hydrogen-bond acceptors (Lipinski definition) is 4. The molecule has 1 amide bonds. The first-order valence-corrected chi connectivity index (χ1v) is 10.1. The zero-order chi connectivity index (χ0) is 20.5. The minimum absolute atomic E-state index is 0.291. The first-order chi connectivity index (χ1) is 14.0. The fourth-order valence-corrected chi connectivity index (χ4v) is 3.91. The molecule has 0 aliphatic carbocycles. The molecule has 7 heteroatoms. The molecule has 2 heterocycles. The van der Waals surface area contributed by atoms with Crippen LogP contribution >= 0.6 is 11.6 Å². The number of rotatable bonds is 4. The van der Waals surface area contributed by atoms with E-state index < -0.39 is 0 Å². The first kappa shape index (κ1) is 19.6. The van der Waals surface area contributed by atoms with Crippen LogP contribution in [0.5, 0.6) is 5.75 Å². The summed E-state index contributed by atoms with van der Waals surface area (Å²) in [6.07, 6.45) is 0. The molecular weight excluding hydrogens is 390 g/mol. The van der Waals surface area contributed by atoms with Crippen LogP contribution in [0.25, 0.3) is 11.0 Å². The molecule has 1 fully saturated rings. The fourth-order valence-electron chi connectivity index (χ4n) is 3.74. The number of methoxy groups -OCH3 is 1. The standard InChI is InChI=1S/C22H24ClN3O3/c1-14-17-13-16(28-3)5-7-20(17)29-21(14)22(27)24-18-12-15(23)4-6-19(18)26-10-8-25(2)9-11-26/h4-7,12-13H,8-11H2,1-3H3,(H,24,27)/p+1. The molecule has 2 aromatic carbocycles. The van der Waals surface area contributed by atoms with Crippen molar-refractivity contribution in [3.8, 4) is 5.75 Å². The average Bonchev–Trinajstić information content (AvgIpc) is 3.05. The lowest BCUT2D eigenvalue weighted by molar-refractivity contribution is -0.880. The number of furan rings is 1. The predicted molar refractivity (Wildman–Crippen MR) is 116 cm³/mol. The second kappa shape index (κ2) is 7.97. The Labute approximate surface area is 175 Å². The van der Waals surface area contributed by atoms with Gasteiger partial charge in [0, 0.05) is 16.0 Å². The molecule has 0 spiro atoms. The molecule has 1 saturated heterocycles. The number of hydrogen-bond donors (Lipinski definition) is 2. The van der Waals surface area contributed by atoms with E-state index in [-0.39, 0.29) is 5.91 Å². The molecule has 2 N–H and O–H groups in total. The Morgan fingerprint density at radius 1 is 1.21 bits per heavy atom. The molecule has 1 aliphatic heterocycles. The maximum atomic E-state index is 13.1. The van der Waals surface area contributed by atoms with Crippen LogP contribution in [0.2, 0.25) is 5.02 Å². The van der Waals surface area contributed by atoms with Crippen molar-refractivity contribution in [2.45, 2.75) is 6.92 Å². The van der Waals surface area contributed by atoms with Crippen molar-refractivity contribution in [1.82, 2.24) is 0 Å². The summed E-state index contributed by atoms with van der Waals surface area (Å²) >= 11 is 6.23. The van der Waals surface area contributed by atoms with Gasteiger partial charge in [-0.1, -0.05) is 11.6 Å². The van der Waals surface area contributed by atoms with Gasteiger partial charge in [-0.2, -0.15) is 0 Å². The molecule has 0 unspecified atom stereocenters. The number of anilines is 2. The van der Waals surface area contributed by atoms with Crippen LogP contribution < -0.4 is 19.9 Å². The number of quaternary nitrogens is 1. The molecule has 0 saturated carbocycles. The molecule has 6 nitrogen and oxygen atoms in total. The lowest BCUT2D eigenvalue weighted by Crippen LogP contribution is -3.12. The number of amides is 1. The lowest BCUT2D eigenvalue weighted by atomic mass is 10.1. The topological polar surface area (TPSA) is 59.1 Å². The van der Waals surface area contributed by atoms with E-state index in [4.69, 9.17) is 20.8 Å². The normalized spacial score (nSPS) is 15.0. The van der Waals surface area contributed by atoms with Crippen molar-refractivity contribution >= 4 is 39.9 Å². The Kier molecular flexibility index (Phi) is 5.39. The highest BCUT2D eigenvalue weighted by molar-refractivity contribution is 6.31. The van der Waals surface area contributed by atoms with Gasteiger partial charge < -0.3 is 24.3 Å². The molecule has 29 heavy (non-hydrogen) atoms. The monoisotopic (exact) mass is 414 g/mol. The van der Waals surface area contributed by atoms with Crippen LogP contribution in [0, 0.1) is 6.92 Å². The highest BCUT2D eigenvalue weighted by atomic mass is 35.5. The largest absolute Gasteiger partial charge is 0.497 e. The van der Waals surface area contributed by atoms with Gasteiger partial charge in [0.05, 0.1) is 51.7 Å². The zero-order valence-electron chi connectivity index (χ0n) is 16.8. The van der Waals surface area contributed by atoms with E-state index in [1.165, 1.54) is 4.90 Å². The summed E-state index contributed by atoms with van der Waals surface area (Å²) in [6, 6.07) is 11.1. The SMILES string of the molecule is COc1ccc2oc(C(=O)Nc3cc(Cl)ccc3N3CC[NH+](C)CC3)c(C)c2c1. The molecule has 4 rings (SSSR count). The Morgan fingerprint density at radius 3 is 2.69 bits per heavy atom. The first-order valence-electron chi connectivity index (χ1n) is 9.70. The smallest absolute Gasteiger partial charge is 0.291 e. The second-order valence-corrected chi connectivity index (χ2v) is 7.91. The molecular formula is C22H25ClN3O3+. The Hall–Kier alpha value is -2.70. The van der Waals surface area contributed by atoms with Crippen LogP contribution in [0.4, 0.5) is 11.4 Å². The summed E-state index contributed by atoms with van der Waals surface area (Å²) in [4.78, 5) is 16.9. The van der Waals surface area contributed by atoms with E-state index in [2.05, 4.69) is 17.3 Å². The predicted octanol–water partition coefficient (Wildman–Crippen LogP) is 2.99. The van der Waals surface area contributed by atoms with Crippen molar-refractivity contribution < 1.29 is 18.8 Å². The van der Waals surface area contributed by atoms with Gasteiger partial charge in [-0.15, -0.1) is 0 Å². The molecule has 0 radical (unpaired) electrons. The third-order valence-electron chi connectivity index (χ3n) is 5.51. The highest BCUT2D eigenvalue weighted by Gasteiger charge is 2.23. The number of fused-ring (bicyclic) bond motifs is 1. The molecule has 152 valence electrons. The van der Waals surface area contributed by atoms with E-state index in [0.717, 1.165) is 48.6 Å². The van der Waals surface area contributed by atoms with Crippen molar-refractivity contribution in [2.24, 2.45) is 0 Å². The number of aryl methyl sites for hydroxylation is 1. The summed E-state index contributed by atoms with van der Waals surface area (Å²) in [5.41, 5.74) is 3.11. The molecule has 0 bridgehead atoms. The van der Waals surface area contributed by atoms with Crippen molar-refractivity contribution in [3.63, 3.8) is 0 Å². The number of carbonyl (C=O) groups excluding carboxylic acids is 1. The van der Waals surface area contributed by atoms with Gasteiger partial charge in [0.1, 0.15) is 11.3 Å². The van der Waals surface area contributed by atoms with Gasteiger partial charge >= 0.3 is 0 Å². The van der Waals surface area contributed by atoms with E-state index in [1.807, 2.05) is 37.3 Å². The van der Waals surface area contributed by atoms with Crippen LogP contribution in [-0.4, -0.2) is 46.2 Å². The van der Waals surface area contributed by atoms with Crippen LogP contribution in [-0.2, 0) is 0 Å². The van der Waals surface area contributed by atoms with Gasteiger partial charge in [-0.3, -0.25) is 4.79 Å². The van der Waals surface area contributed by atoms with E-state index >= 15 is 0 Å². The van der Waals surface area contributed by atoms with Gasteiger partial charge in [0.2, 0.25) is 0 Å². The maximum absolute atomic E-state index is 13.1. The zero-order valence-corrected chi connectivity index (χ0v) is 17.6. The minimum Gasteiger partial charge on any atom is -0.497 e. The van der Waals surface area contributed by atoms with E-state index in [0.29, 0.717) is 22.1 Å². The van der Waals surface area contributed by atoms with Crippen molar-refractivity contribution in [2.75, 3.05) is 50.6 Å². The summed E-state index contributed by atoms with van der Waals surface area (Å²) in [5, 5.41) is 4.45. The van der Waals surface area contributed by atoms with E-state index in [1.54, 1.807) is 13.2 Å². The van der Waals surface area contributed by atoms with Gasteiger partial charge in [-0.25, -0.2) is 0 Å². The van der Waals surface area contributed by atoms with Crippen LogP contribution in [0.15, 0.2) is 40.8 Å². The number of carbonyl (C=O) groups is 1. The fraction of sp³-hybridized carbons (Fsp3) is 0.318. The summed E-state index contributed by atoms with van der Waals surface area (Å²) < 4.78 is 11.1. The van der Waals surface area contributed by atoms with Gasteiger partial charge in [0.15, 0.2) is 5.76 Å². The average molecular weight is 415 g/mol. The second-order valence-electron chi connectivity index (χ2n) is 7.48. The Morgan fingerprint density at radius 2 is 1.97 bits per heavy atom. The molecule has 1 aromatic heterocycles. The number of benzene rings is 2. The quantitative estimate of drug-likeness (QED) is 0.689. The minimum atomic E-state index is -0.291. The molecule has 0 atom stereocenters. The van der Waals surface area contributed by atoms with Crippen LogP contribution in [0.3, 0.4) is 0 Å². The molecule has 1 aliphatic rings. The lowest BCUT2D eigenvalue weighted by Gasteiger charge is -2.33. The van der Waals surface area contributed by atoms with Crippen molar-refractivity contribution in [3.05, 3.63) is 52.7 Å². The van der Waals surface area contributed by atoms with E-state index in [9.17, 15) is 4.79 Å². The number of nitrogens with one attached hydrogen (secondary N) is 2. The number of piperazine rings is 1. The van der Waals surface area contributed by atoms with Crippen LogP contribution in [0.1, 0.15) is 16.1 Å². The van der Waals surface area contributed by atoms with Crippen molar-refractivity contribution in [1.29, 1.82) is 0 Å².